The molecule has 3 aromatic carbocycles. The van der Waals surface area contributed by atoms with Crippen LogP contribution in [-0.2, 0) is 16.6 Å². The van der Waals surface area contributed by atoms with Crippen molar-refractivity contribution in [1.82, 2.24) is 4.90 Å². The molecule has 0 radical (unpaired) electrons. The zero-order valence-electron chi connectivity index (χ0n) is 19.7. The van der Waals surface area contributed by atoms with Gasteiger partial charge in [-0.3, -0.25) is 14.4 Å². The molecular formula is C27H31N3O3S. The van der Waals surface area contributed by atoms with Crippen molar-refractivity contribution in [2.75, 3.05) is 23.1 Å². The lowest BCUT2D eigenvalue weighted by Crippen LogP contribution is -2.29. The number of nitrogens with zero attached hydrogens (tertiary/aromatic N) is 1. The number of para-hydroxylation sites is 1. The zero-order valence-corrected chi connectivity index (χ0v) is 20.5. The number of carbonyl (C=O) groups excluding carboxylic acids is 1. The third kappa shape index (κ3) is 5.85. The van der Waals surface area contributed by atoms with E-state index in [2.05, 4.69) is 14.9 Å². The second kappa shape index (κ2) is 10.4. The van der Waals surface area contributed by atoms with Gasteiger partial charge in [0, 0.05) is 17.8 Å². The van der Waals surface area contributed by atoms with Gasteiger partial charge in [-0.05, 0) is 92.9 Å². The maximum absolute atomic E-state index is 12.8. The number of benzene rings is 3. The molecule has 6 nitrogen and oxygen atoms in total. The third-order valence-electron chi connectivity index (χ3n) is 6.21. The number of rotatable bonds is 7. The summed E-state index contributed by atoms with van der Waals surface area (Å²) in [5, 5.41) is 2.84. The molecule has 0 bridgehead atoms. The van der Waals surface area contributed by atoms with Crippen LogP contribution in [0.1, 0.15) is 46.3 Å². The van der Waals surface area contributed by atoms with Crippen LogP contribution < -0.4 is 10.0 Å². The van der Waals surface area contributed by atoms with Crippen molar-refractivity contribution in [3.05, 3.63) is 89.0 Å². The van der Waals surface area contributed by atoms with Crippen molar-refractivity contribution < 1.29 is 13.2 Å². The predicted molar refractivity (Wildman–Crippen MR) is 137 cm³/mol. The van der Waals surface area contributed by atoms with Crippen molar-refractivity contribution in [2.45, 2.75) is 44.6 Å². The summed E-state index contributed by atoms with van der Waals surface area (Å²) in [7, 11) is -3.74. The molecule has 0 spiro atoms. The van der Waals surface area contributed by atoms with Crippen LogP contribution in [0.2, 0.25) is 0 Å². The highest BCUT2D eigenvalue weighted by Crippen LogP contribution is 2.24. The van der Waals surface area contributed by atoms with Gasteiger partial charge >= 0.3 is 0 Å². The lowest BCUT2D eigenvalue weighted by atomic mass is 10.1. The van der Waals surface area contributed by atoms with Crippen LogP contribution >= 0.6 is 0 Å². The monoisotopic (exact) mass is 477 g/mol. The van der Waals surface area contributed by atoms with Crippen LogP contribution in [0.4, 0.5) is 11.4 Å². The summed E-state index contributed by atoms with van der Waals surface area (Å²) in [5.74, 6) is -0.228. The topological polar surface area (TPSA) is 78.5 Å². The van der Waals surface area contributed by atoms with E-state index in [9.17, 15) is 13.2 Å². The number of amides is 1. The minimum Gasteiger partial charge on any atom is -0.322 e. The van der Waals surface area contributed by atoms with E-state index in [-0.39, 0.29) is 10.8 Å². The van der Waals surface area contributed by atoms with Gasteiger partial charge in [-0.2, -0.15) is 0 Å². The third-order valence-corrected chi connectivity index (χ3v) is 7.58. The summed E-state index contributed by atoms with van der Waals surface area (Å²) in [5.41, 5.74) is 4.60. The Hall–Kier alpha value is -3.16. The number of likely N-dealkylation sites (tertiary alicyclic amines) is 1. The summed E-state index contributed by atoms with van der Waals surface area (Å²) in [4.78, 5) is 15.2. The number of nitrogens with one attached hydrogen (secondary N) is 2. The maximum Gasteiger partial charge on any atom is 0.261 e. The van der Waals surface area contributed by atoms with Gasteiger partial charge in [0.15, 0.2) is 0 Å². The highest BCUT2D eigenvalue weighted by atomic mass is 32.2. The molecule has 0 unspecified atom stereocenters. The van der Waals surface area contributed by atoms with Gasteiger partial charge in [0.1, 0.15) is 0 Å². The van der Waals surface area contributed by atoms with Gasteiger partial charge in [-0.25, -0.2) is 8.42 Å². The number of anilines is 2. The van der Waals surface area contributed by atoms with Crippen LogP contribution in [-0.4, -0.2) is 32.3 Å². The van der Waals surface area contributed by atoms with E-state index in [0.717, 1.165) is 30.8 Å². The molecule has 1 aliphatic rings. The molecule has 34 heavy (non-hydrogen) atoms. The quantitative estimate of drug-likeness (QED) is 0.481. The van der Waals surface area contributed by atoms with Gasteiger partial charge in [-0.1, -0.05) is 36.8 Å². The van der Waals surface area contributed by atoms with Crippen molar-refractivity contribution in [2.24, 2.45) is 0 Å². The Morgan fingerprint density at radius 2 is 1.47 bits per heavy atom. The minimum atomic E-state index is -3.74. The maximum atomic E-state index is 12.8. The molecule has 178 valence electrons. The highest BCUT2D eigenvalue weighted by molar-refractivity contribution is 7.92. The van der Waals surface area contributed by atoms with Crippen molar-refractivity contribution in [3.8, 4) is 0 Å². The highest BCUT2D eigenvalue weighted by Gasteiger charge is 2.17. The summed E-state index contributed by atoms with van der Waals surface area (Å²) in [6.07, 6.45) is 3.82. The average molecular weight is 478 g/mol. The Kier molecular flexibility index (Phi) is 7.34. The Labute approximate surface area is 202 Å². The smallest absolute Gasteiger partial charge is 0.261 e. The SMILES string of the molecule is Cc1cccc(C)c1NS(=O)(=O)c1ccc(NC(=O)c2ccc(CN3CCCCC3)cc2)cc1. The van der Waals surface area contributed by atoms with Crippen molar-refractivity contribution in [1.29, 1.82) is 0 Å². The Bertz CT molecular complexity index is 1230. The fraction of sp³-hybridized carbons (Fsp3) is 0.296. The summed E-state index contributed by atoms with van der Waals surface area (Å²) >= 11 is 0. The first-order valence-corrected chi connectivity index (χ1v) is 13.1. The first-order chi connectivity index (χ1) is 16.3. The van der Waals surface area contributed by atoms with E-state index >= 15 is 0 Å². The Morgan fingerprint density at radius 3 is 2.09 bits per heavy atom. The normalized spacial score (nSPS) is 14.5. The number of aryl methyl sites for hydroxylation is 2. The van der Waals surface area contributed by atoms with E-state index in [1.54, 1.807) is 12.1 Å². The van der Waals surface area contributed by atoms with E-state index in [1.807, 2.05) is 56.3 Å². The van der Waals surface area contributed by atoms with Crippen LogP contribution in [0.5, 0.6) is 0 Å². The van der Waals surface area contributed by atoms with Gasteiger partial charge in [0.05, 0.1) is 10.6 Å². The van der Waals surface area contributed by atoms with Crippen molar-refractivity contribution >= 4 is 27.3 Å². The minimum absolute atomic E-state index is 0.134. The van der Waals surface area contributed by atoms with Gasteiger partial charge in [0.2, 0.25) is 0 Å². The average Bonchev–Trinajstić information content (AvgIpc) is 2.83. The van der Waals surface area contributed by atoms with E-state index in [4.69, 9.17) is 0 Å². The molecule has 1 amide bonds. The fourth-order valence-corrected chi connectivity index (χ4v) is 5.43. The molecule has 1 aliphatic heterocycles. The molecule has 7 heteroatoms. The molecule has 2 N–H and O–H groups in total. The number of sulfonamides is 1. The molecule has 0 aliphatic carbocycles. The van der Waals surface area contributed by atoms with Crippen LogP contribution in [0.25, 0.3) is 0 Å². The van der Waals surface area contributed by atoms with E-state index in [1.165, 1.54) is 37.0 Å². The standard InChI is InChI=1S/C27H31N3O3S/c1-20-7-6-8-21(2)26(20)29-34(32,33)25-15-13-24(14-16-25)28-27(31)23-11-9-22(10-12-23)19-30-17-4-3-5-18-30/h6-16,29H,3-5,17-19H2,1-2H3,(H,28,31). The Morgan fingerprint density at radius 1 is 0.853 bits per heavy atom. The van der Waals surface area contributed by atoms with Gasteiger partial charge in [-0.15, -0.1) is 0 Å². The molecule has 0 saturated carbocycles. The number of hydrogen-bond acceptors (Lipinski definition) is 4. The van der Waals surface area contributed by atoms with Crippen LogP contribution in [0, 0.1) is 13.8 Å². The molecule has 3 aromatic rings. The number of carbonyl (C=O) groups is 1. The molecule has 4 rings (SSSR count). The summed E-state index contributed by atoms with van der Waals surface area (Å²) in [6.45, 7) is 6.91. The molecular weight excluding hydrogens is 446 g/mol. The first kappa shape index (κ1) is 24.0. The zero-order chi connectivity index (χ0) is 24.1. The lowest BCUT2D eigenvalue weighted by molar-refractivity contribution is 0.102. The predicted octanol–water partition coefficient (Wildman–Crippen LogP) is 5.34. The van der Waals surface area contributed by atoms with Crippen molar-refractivity contribution in [3.63, 3.8) is 0 Å². The molecule has 0 atom stereocenters. The number of piperidine rings is 1. The second-order valence-electron chi connectivity index (χ2n) is 8.88. The molecule has 1 saturated heterocycles. The van der Waals surface area contributed by atoms with Crippen LogP contribution in [0.15, 0.2) is 71.6 Å². The van der Waals surface area contributed by atoms with E-state index in [0.29, 0.717) is 16.9 Å². The summed E-state index contributed by atoms with van der Waals surface area (Å²) in [6, 6.07) is 19.5. The fourth-order valence-electron chi connectivity index (χ4n) is 4.23. The summed E-state index contributed by atoms with van der Waals surface area (Å²) < 4.78 is 28.3. The molecule has 1 fully saturated rings. The number of hydrogen-bond donors (Lipinski definition) is 2. The Balaban J connectivity index is 1.38. The van der Waals surface area contributed by atoms with Crippen LogP contribution in [0.3, 0.4) is 0 Å². The largest absolute Gasteiger partial charge is 0.322 e. The first-order valence-electron chi connectivity index (χ1n) is 11.6. The second-order valence-corrected chi connectivity index (χ2v) is 10.6. The molecule has 0 aromatic heterocycles. The molecule has 1 heterocycles. The van der Waals surface area contributed by atoms with Gasteiger partial charge in [0.25, 0.3) is 15.9 Å². The van der Waals surface area contributed by atoms with Gasteiger partial charge < -0.3 is 5.32 Å². The van der Waals surface area contributed by atoms with E-state index < -0.39 is 10.0 Å². The lowest BCUT2D eigenvalue weighted by Gasteiger charge is -2.26.